The van der Waals surface area contributed by atoms with Crippen molar-refractivity contribution in [1.82, 2.24) is 0 Å². The van der Waals surface area contributed by atoms with E-state index >= 15 is 0 Å². The Hall–Kier alpha value is -2.69. The van der Waals surface area contributed by atoms with E-state index in [1.165, 1.54) is 12.1 Å². The Kier molecular flexibility index (Phi) is 3.63. The number of para-hydroxylation sites is 1. The summed E-state index contributed by atoms with van der Waals surface area (Å²) >= 11 is 0. The molecule has 0 aromatic heterocycles. The van der Waals surface area contributed by atoms with E-state index in [0.29, 0.717) is 5.56 Å². The first kappa shape index (κ1) is 14.3. The van der Waals surface area contributed by atoms with Crippen LogP contribution in [-0.4, -0.2) is 18.3 Å². The molecule has 1 amide bonds. The van der Waals surface area contributed by atoms with E-state index in [9.17, 15) is 14.0 Å². The average Bonchev–Trinajstić information content (AvgIpc) is 2.81. The van der Waals surface area contributed by atoms with E-state index in [0.717, 1.165) is 11.3 Å². The third-order valence-corrected chi connectivity index (χ3v) is 3.69. The number of Topliss-reactive ketones (excluding diaryl/α,β-unsaturated/α-hetero) is 1. The van der Waals surface area contributed by atoms with Gasteiger partial charge in [-0.05, 0) is 42.8 Å². The number of anilines is 1. The van der Waals surface area contributed by atoms with Gasteiger partial charge in [0, 0.05) is 11.3 Å². The molecule has 4 nitrogen and oxygen atoms in total. The van der Waals surface area contributed by atoms with E-state index in [-0.39, 0.29) is 30.0 Å². The zero-order valence-electron chi connectivity index (χ0n) is 11.9. The van der Waals surface area contributed by atoms with Gasteiger partial charge < -0.3 is 10.1 Å². The fourth-order valence-electron chi connectivity index (χ4n) is 2.38. The topological polar surface area (TPSA) is 55.4 Å². The van der Waals surface area contributed by atoms with Gasteiger partial charge in [-0.1, -0.05) is 12.1 Å². The number of fused-ring (bicyclic) bond motifs is 1. The number of benzene rings is 2. The number of ketones is 1. The number of rotatable bonds is 4. The smallest absolute Gasteiger partial charge is 0.231 e. The first-order valence-electron chi connectivity index (χ1n) is 6.91. The van der Waals surface area contributed by atoms with Crippen LogP contribution in [0.1, 0.15) is 28.8 Å². The van der Waals surface area contributed by atoms with Gasteiger partial charge in [0.05, 0.1) is 5.92 Å². The van der Waals surface area contributed by atoms with E-state index in [1.807, 2.05) is 0 Å². The van der Waals surface area contributed by atoms with Gasteiger partial charge in [-0.25, -0.2) is 4.39 Å². The van der Waals surface area contributed by atoms with Crippen LogP contribution in [0.4, 0.5) is 10.1 Å². The van der Waals surface area contributed by atoms with Crippen LogP contribution in [0.25, 0.3) is 0 Å². The second kappa shape index (κ2) is 5.60. The Balaban J connectivity index is 1.74. The SMILES string of the molecule is C[C@H]1C(=O)Nc2ccc(C(=O)COc3ccccc3F)cc21. The predicted molar refractivity (Wildman–Crippen MR) is 79.7 cm³/mol. The molecule has 1 atom stereocenters. The molecule has 0 unspecified atom stereocenters. The van der Waals surface area contributed by atoms with Crippen LogP contribution < -0.4 is 10.1 Å². The van der Waals surface area contributed by atoms with Crippen LogP contribution in [0.5, 0.6) is 5.75 Å². The van der Waals surface area contributed by atoms with Gasteiger partial charge in [-0.15, -0.1) is 0 Å². The Morgan fingerprint density at radius 1 is 1.27 bits per heavy atom. The summed E-state index contributed by atoms with van der Waals surface area (Å²) in [7, 11) is 0. The van der Waals surface area contributed by atoms with Crippen LogP contribution in [-0.2, 0) is 4.79 Å². The van der Waals surface area contributed by atoms with Gasteiger partial charge in [0.1, 0.15) is 0 Å². The minimum atomic E-state index is -0.507. The molecule has 112 valence electrons. The van der Waals surface area contributed by atoms with Crippen molar-refractivity contribution >= 4 is 17.4 Å². The van der Waals surface area contributed by atoms with E-state index in [1.54, 1.807) is 37.3 Å². The van der Waals surface area contributed by atoms with Crippen molar-refractivity contribution in [3.63, 3.8) is 0 Å². The number of carbonyl (C=O) groups is 2. The largest absolute Gasteiger partial charge is 0.482 e. The maximum Gasteiger partial charge on any atom is 0.231 e. The van der Waals surface area contributed by atoms with Crippen molar-refractivity contribution < 1.29 is 18.7 Å². The molecular weight excluding hydrogens is 285 g/mol. The summed E-state index contributed by atoms with van der Waals surface area (Å²) in [5, 5.41) is 2.75. The normalized spacial score (nSPS) is 16.1. The maximum absolute atomic E-state index is 13.4. The number of hydrogen-bond acceptors (Lipinski definition) is 3. The molecule has 0 saturated carbocycles. The minimum Gasteiger partial charge on any atom is -0.482 e. The van der Waals surface area contributed by atoms with Gasteiger partial charge in [-0.2, -0.15) is 0 Å². The first-order valence-corrected chi connectivity index (χ1v) is 6.91. The number of hydrogen-bond donors (Lipinski definition) is 1. The Morgan fingerprint density at radius 2 is 2.05 bits per heavy atom. The molecule has 3 rings (SSSR count). The lowest BCUT2D eigenvalue weighted by atomic mass is 9.99. The fourth-order valence-corrected chi connectivity index (χ4v) is 2.38. The molecule has 0 radical (unpaired) electrons. The van der Waals surface area contributed by atoms with Crippen molar-refractivity contribution in [1.29, 1.82) is 0 Å². The molecule has 0 spiro atoms. The molecular formula is C17H14FNO3. The van der Waals surface area contributed by atoms with Crippen LogP contribution >= 0.6 is 0 Å². The molecule has 0 fully saturated rings. The minimum absolute atomic E-state index is 0.0437. The van der Waals surface area contributed by atoms with Crippen LogP contribution in [0, 0.1) is 5.82 Å². The summed E-state index contributed by atoms with van der Waals surface area (Å²) < 4.78 is 18.6. The number of nitrogens with one attached hydrogen (secondary N) is 1. The Morgan fingerprint density at radius 3 is 2.82 bits per heavy atom. The third-order valence-electron chi connectivity index (χ3n) is 3.69. The summed E-state index contributed by atoms with van der Waals surface area (Å²) in [6, 6.07) is 10.9. The number of amides is 1. The molecule has 2 aromatic carbocycles. The second-order valence-electron chi connectivity index (χ2n) is 5.16. The summed E-state index contributed by atoms with van der Waals surface area (Å²) in [4.78, 5) is 23.8. The van der Waals surface area contributed by atoms with Crippen molar-refractivity contribution in [3.05, 3.63) is 59.4 Å². The highest BCUT2D eigenvalue weighted by atomic mass is 19.1. The second-order valence-corrected chi connectivity index (χ2v) is 5.16. The van der Waals surface area contributed by atoms with Crippen molar-refractivity contribution in [3.8, 4) is 5.75 Å². The highest BCUT2D eigenvalue weighted by Gasteiger charge is 2.27. The van der Waals surface area contributed by atoms with Gasteiger partial charge in [0.15, 0.2) is 24.0 Å². The van der Waals surface area contributed by atoms with E-state index < -0.39 is 5.82 Å². The lowest BCUT2D eigenvalue weighted by Gasteiger charge is -2.08. The number of halogens is 1. The van der Waals surface area contributed by atoms with Crippen LogP contribution in [0.2, 0.25) is 0 Å². The quantitative estimate of drug-likeness (QED) is 0.882. The highest BCUT2D eigenvalue weighted by Crippen LogP contribution is 2.32. The zero-order valence-corrected chi connectivity index (χ0v) is 11.9. The Bertz CT molecular complexity index is 757. The molecule has 0 bridgehead atoms. The molecule has 0 aliphatic carbocycles. The first-order chi connectivity index (χ1) is 10.6. The molecule has 1 aliphatic rings. The molecule has 2 aromatic rings. The summed E-state index contributed by atoms with van der Waals surface area (Å²) in [5.41, 5.74) is 1.96. The lowest BCUT2D eigenvalue weighted by Crippen LogP contribution is -2.12. The van der Waals surface area contributed by atoms with Gasteiger partial charge in [0.2, 0.25) is 5.91 Å². The van der Waals surface area contributed by atoms with Gasteiger partial charge in [-0.3, -0.25) is 9.59 Å². The van der Waals surface area contributed by atoms with Crippen LogP contribution in [0.3, 0.4) is 0 Å². The molecule has 1 aliphatic heterocycles. The van der Waals surface area contributed by atoms with Crippen molar-refractivity contribution in [2.45, 2.75) is 12.8 Å². The van der Waals surface area contributed by atoms with E-state index in [2.05, 4.69) is 5.32 Å². The molecule has 0 saturated heterocycles. The monoisotopic (exact) mass is 299 g/mol. The van der Waals surface area contributed by atoms with Gasteiger partial charge >= 0.3 is 0 Å². The number of carbonyl (C=O) groups excluding carboxylic acids is 2. The summed E-state index contributed by atoms with van der Waals surface area (Å²) in [6.45, 7) is 1.53. The lowest BCUT2D eigenvalue weighted by molar-refractivity contribution is -0.116. The van der Waals surface area contributed by atoms with Gasteiger partial charge in [0.25, 0.3) is 0 Å². The van der Waals surface area contributed by atoms with Crippen LogP contribution in [0.15, 0.2) is 42.5 Å². The molecule has 1 N–H and O–H groups in total. The van der Waals surface area contributed by atoms with E-state index in [4.69, 9.17) is 4.74 Å². The summed E-state index contributed by atoms with van der Waals surface area (Å²) in [5.74, 6) is -1.09. The molecule has 22 heavy (non-hydrogen) atoms. The van der Waals surface area contributed by atoms with Crippen molar-refractivity contribution in [2.75, 3.05) is 11.9 Å². The zero-order chi connectivity index (χ0) is 15.7. The summed E-state index contributed by atoms with van der Waals surface area (Å²) in [6.07, 6.45) is 0. The highest BCUT2D eigenvalue weighted by molar-refractivity contribution is 6.04. The fraction of sp³-hybridized carbons (Fsp3) is 0.176. The predicted octanol–water partition coefficient (Wildman–Crippen LogP) is 3.14. The molecule has 5 heteroatoms. The average molecular weight is 299 g/mol. The number of ether oxygens (including phenoxy) is 1. The molecule has 1 heterocycles. The van der Waals surface area contributed by atoms with Crippen molar-refractivity contribution in [2.24, 2.45) is 0 Å². The third kappa shape index (κ3) is 2.57. The maximum atomic E-state index is 13.4. The standard InChI is InChI=1S/C17H14FNO3/c1-10-12-8-11(6-7-14(12)19-17(10)21)15(20)9-22-16-5-3-2-4-13(16)18/h2-8,10H,9H2,1H3,(H,19,21)/t10-/m1/s1. The Labute approximate surface area is 126 Å².